The molecule has 4 heteroatoms. The molecule has 0 spiro atoms. The van der Waals surface area contributed by atoms with Crippen LogP contribution in [0.2, 0.25) is 5.02 Å². The number of nitrogens with zero attached hydrogens (tertiary/aromatic N) is 1. The van der Waals surface area contributed by atoms with Crippen LogP contribution >= 0.6 is 11.6 Å². The number of likely N-dealkylation sites (tertiary alicyclic amines) is 1. The van der Waals surface area contributed by atoms with Crippen LogP contribution < -0.4 is 5.32 Å². The maximum atomic E-state index is 13.7. The summed E-state index contributed by atoms with van der Waals surface area (Å²) in [6.45, 7) is 2.61. The molecule has 0 saturated carbocycles. The number of benzene rings is 1. The molecule has 1 aliphatic rings. The molecule has 2 nitrogen and oxygen atoms in total. The molecule has 1 fully saturated rings. The Balaban J connectivity index is 1.83. The van der Waals surface area contributed by atoms with Crippen LogP contribution in [0.1, 0.15) is 24.8 Å². The summed E-state index contributed by atoms with van der Waals surface area (Å²) in [5, 5.41) is 3.53. The van der Waals surface area contributed by atoms with E-state index in [2.05, 4.69) is 17.3 Å². The number of nitrogens with one attached hydrogen (secondary N) is 1. The van der Waals surface area contributed by atoms with Gasteiger partial charge in [-0.1, -0.05) is 30.2 Å². The van der Waals surface area contributed by atoms with Gasteiger partial charge in [-0.05, 0) is 32.5 Å². The smallest absolute Gasteiger partial charge is 0.146 e. The number of hydrogen-bond acceptors (Lipinski definition) is 2. The Hall–Kier alpha value is -0.640. The number of rotatable bonds is 4. The molecule has 0 radical (unpaired) electrons. The van der Waals surface area contributed by atoms with E-state index in [4.69, 9.17) is 11.6 Å². The molecule has 1 aromatic carbocycles. The Morgan fingerprint density at radius 1 is 1.44 bits per heavy atom. The van der Waals surface area contributed by atoms with Crippen LogP contribution in [0.4, 0.5) is 4.39 Å². The number of hydrogen-bond donors (Lipinski definition) is 1. The number of halogens is 2. The molecule has 100 valence electrons. The van der Waals surface area contributed by atoms with Crippen LogP contribution in [-0.4, -0.2) is 31.1 Å². The SMILES string of the molecule is CN1CCCCC1CNCc1cccc(Cl)c1F. The quantitative estimate of drug-likeness (QED) is 0.905. The lowest BCUT2D eigenvalue weighted by atomic mass is 10.0. The molecule has 1 N–H and O–H groups in total. The van der Waals surface area contributed by atoms with Crippen molar-refractivity contribution in [3.63, 3.8) is 0 Å². The molecule has 18 heavy (non-hydrogen) atoms. The first-order chi connectivity index (χ1) is 8.68. The average molecular weight is 271 g/mol. The van der Waals surface area contributed by atoms with Crippen LogP contribution in [0.15, 0.2) is 18.2 Å². The first-order valence-electron chi connectivity index (χ1n) is 6.52. The van der Waals surface area contributed by atoms with Crippen molar-refractivity contribution in [2.24, 2.45) is 0 Å². The molecule has 0 aliphatic carbocycles. The third-order valence-electron chi connectivity index (χ3n) is 3.65. The first kappa shape index (κ1) is 13.8. The highest BCUT2D eigenvalue weighted by Gasteiger charge is 2.18. The van der Waals surface area contributed by atoms with Gasteiger partial charge in [-0.3, -0.25) is 0 Å². The minimum absolute atomic E-state index is 0.198. The van der Waals surface area contributed by atoms with Gasteiger partial charge in [0.1, 0.15) is 5.82 Å². The van der Waals surface area contributed by atoms with Gasteiger partial charge in [0.05, 0.1) is 5.02 Å². The van der Waals surface area contributed by atoms with Crippen LogP contribution in [0.25, 0.3) is 0 Å². The van der Waals surface area contributed by atoms with E-state index in [1.54, 1.807) is 18.2 Å². The second-order valence-corrected chi connectivity index (χ2v) is 5.38. The van der Waals surface area contributed by atoms with Gasteiger partial charge in [0.15, 0.2) is 0 Å². The molecular formula is C14H20ClFN2. The highest BCUT2D eigenvalue weighted by atomic mass is 35.5. The lowest BCUT2D eigenvalue weighted by molar-refractivity contribution is 0.181. The zero-order chi connectivity index (χ0) is 13.0. The van der Waals surface area contributed by atoms with Gasteiger partial charge >= 0.3 is 0 Å². The van der Waals surface area contributed by atoms with Crippen molar-refractivity contribution in [1.29, 1.82) is 0 Å². The molecule has 0 bridgehead atoms. The molecule has 1 saturated heterocycles. The van der Waals surface area contributed by atoms with E-state index in [0.29, 0.717) is 18.2 Å². The summed E-state index contributed by atoms with van der Waals surface area (Å²) in [5.41, 5.74) is 0.640. The summed E-state index contributed by atoms with van der Waals surface area (Å²) >= 11 is 5.75. The molecule has 1 aromatic rings. The van der Waals surface area contributed by atoms with Gasteiger partial charge in [-0.2, -0.15) is 0 Å². The van der Waals surface area contributed by atoms with Crippen molar-refractivity contribution in [2.45, 2.75) is 31.8 Å². The van der Waals surface area contributed by atoms with Gasteiger partial charge in [-0.25, -0.2) is 4.39 Å². The molecule has 2 rings (SSSR count). The highest BCUT2D eigenvalue weighted by Crippen LogP contribution is 2.18. The van der Waals surface area contributed by atoms with E-state index in [-0.39, 0.29) is 10.8 Å². The molecule has 1 heterocycles. The van der Waals surface area contributed by atoms with E-state index >= 15 is 0 Å². The van der Waals surface area contributed by atoms with E-state index in [9.17, 15) is 4.39 Å². The minimum Gasteiger partial charge on any atom is -0.311 e. The normalized spacial score (nSPS) is 21.2. The minimum atomic E-state index is -0.302. The largest absolute Gasteiger partial charge is 0.311 e. The molecule has 1 aliphatic heterocycles. The maximum Gasteiger partial charge on any atom is 0.146 e. The molecular weight excluding hydrogens is 251 g/mol. The summed E-state index contributed by atoms with van der Waals surface area (Å²) in [6, 6.07) is 5.71. The second kappa shape index (κ2) is 6.50. The first-order valence-corrected chi connectivity index (χ1v) is 6.90. The Bertz CT molecular complexity index is 397. The van der Waals surface area contributed by atoms with Gasteiger partial charge in [0.25, 0.3) is 0 Å². The summed E-state index contributed by atoms with van der Waals surface area (Å²) < 4.78 is 13.7. The van der Waals surface area contributed by atoms with Crippen molar-refractivity contribution < 1.29 is 4.39 Å². The number of piperidine rings is 1. The van der Waals surface area contributed by atoms with Gasteiger partial charge in [-0.15, -0.1) is 0 Å². The lowest BCUT2D eigenvalue weighted by Crippen LogP contribution is -2.42. The Morgan fingerprint density at radius 3 is 3.06 bits per heavy atom. The third-order valence-corrected chi connectivity index (χ3v) is 3.94. The van der Waals surface area contributed by atoms with E-state index < -0.39 is 0 Å². The summed E-state index contributed by atoms with van der Waals surface area (Å²) in [7, 11) is 2.16. The molecule has 1 atom stereocenters. The summed E-state index contributed by atoms with van der Waals surface area (Å²) in [6.07, 6.45) is 3.81. The predicted octanol–water partition coefficient (Wildman–Crippen LogP) is 3.05. The van der Waals surface area contributed by atoms with Gasteiger partial charge in [0.2, 0.25) is 0 Å². The Morgan fingerprint density at radius 2 is 2.28 bits per heavy atom. The average Bonchev–Trinajstić information content (AvgIpc) is 2.37. The fourth-order valence-electron chi connectivity index (χ4n) is 2.46. The third kappa shape index (κ3) is 3.44. The summed E-state index contributed by atoms with van der Waals surface area (Å²) in [4.78, 5) is 2.38. The fraction of sp³-hybridized carbons (Fsp3) is 0.571. The van der Waals surface area contributed by atoms with Crippen LogP contribution in [0.5, 0.6) is 0 Å². The fourth-order valence-corrected chi connectivity index (χ4v) is 2.65. The van der Waals surface area contributed by atoms with Crippen LogP contribution in [0, 0.1) is 5.82 Å². The Kier molecular flexibility index (Phi) is 4.98. The van der Waals surface area contributed by atoms with Gasteiger partial charge < -0.3 is 10.2 Å². The van der Waals surface area contributed by atoms with Crippen molar-refractivity contribution >= 4 is 11.6 Å². The zero-order valence-electron chi connectivity index (χ0n) is 10.8. The standard InChI is InChI=1S/C14H20ClFN2/c1-18-8-3-2-6-12(18)10-17-9-11-5-4-7-13(15)14(11)16/h4-5,7,12,17H,2-3,6,8-10H2,1H3. The zero-order valence-corrected chi connectivity index (χ0v) is 11.5. The molecule has 1 unspecified atom stereocenters. The van der Waals surface area contributed by atoms with E-state index in [1.807, 2.05) is 0 Å². The Labute approximate surface area is 113 Å². The van der Waals surface area contributed by atoms with Crippen LogP contribution in [0.3, 0.4) is 0 Å². The topological polar surface area (TPSA) is 15.3 Å². The van der Waals surface area contributed by atoms with Crippen molar-refractivity contribution in [1.82, 2.24) is 10.2 Å². The van der Waals surface area contributed by atoms with Gasteiger partial charge in [0, 0.05) is 24.7 Å². The highest BCUT2D eigenvalue weighted by molar-refractivity contribution is 6.30. The monoisotopic (exact) mass is 270 g/mol. The van der Waals surface area contributed by atoms with Crippen molar-refractivity contribution in [2.75, 3.05) is 20.1 Å². The predicted molar refractivity (Wildman–Crippen MR) is 73.4 cm³/mol. The van der Waals surface area contributed by atoms with E-state index in [0.717, 1.165) is 13.1 Å². The number of likely N-dealkylation sites (N-methyl/N-ethyl adjacent to an activating group) is 1. The second-order valence-electron chi connectivity index (χ2n) is 4.97. The maximum absolute atomic E-state index is 13.7. The van der Waals surface area contributed by atoms with Crippen molar-refractivity contribution in [3.8, 4) is 0 Å². The summed E-state index contributed by atoms with van der Waals surface area (Å²) in [5.74, 6) is -0.302. The van der Waals surface area contributed by atoms with E-state index in [1.165, 1.54) is 19.3 Å². The molecule has 0 amide bonds. The molecule has 0 aromatic heterocycles. The lowest BCUT2D eigenvalue weighted by Gasteiger charge is -2.32. The van der Waals surface area contributed by atoms with Crippen molar-refractivity contribution in [3.05, 3.63) is 34.6 Å². The van der Waals surface area contributed by atoms with Crippen LogP contribution in [-0.2, 0) is 6.54 Å².